The van der Waals surface area contributed by atoms with Gasteiger partial charge in [-0.25, -0.2) is 0 Å². The van der Waals surface area contributed by atoms with Crippen LogP contribution in [0.15, 0.2) is 44.6 Å². The number of ether oxygens (including phenoxy) is 2. The first-order valence-corrected chi connectivity index (χ1v) is 12.1. The largest absolute Gasteiger partial charge is 0.507 e. The van der Waals surface area contributed by atoms with Crippen molar-refractivity contribution in [3.8, 4) is 23.0 Å². The number of rotatable bonds is 6. The van der Waals surface area contributed by atoms with Crippen LogP contribution in [0, 0.1) is 0 Å². The second-order valence-electron chi connectivity index (χ2n) is 10.3. The zero-order chi connectivity index (χ0) is 26.4. The standard InChI is InChI=1S/C29H34O7/c1-15(2)8-7-9-16(3)10-11-17-24-21(13-19(30)28(17)34-6)35-22-14-20-18(26(32)25(22)27(24)33)12-23(31)29(4,5)36-20/h8,10,13-14,23,30-32H,7,9,11-12H2,1-6H3/b16-10+/t23-/m1/s1. The SMILES string of the molecule is COc1c(O)cc2oc3cc4c(c(O)c3c(=O)c2c1C/C=C(\C)CCC=C(C)C)C[C@@H](O)C(C)(C)O4. The van der Waals surface area contributed by atoms with Crippen LogP contribution in [-0.4, -0.2) is 34.1 Å². The summed E-state index contributed by atoms with van der Waals surface area (Å²) in [5.41, 5.74) is 2.28. The fraction of sp³-hybridized carbons (Fsp3) is 0.414. The number of methoxy groups -OCH3 is 1. The summed E-state index contributed by atoms with van der Waals surface area (Å²) >= 11 is 0. The Balaban J connectivity index is 1.91. The zero-order valence-corrected chi connectivity index (χ0v) is 21.7. The van der Waals surface area contributed by atoms with Gasteiger partial charge in [-0.05, 0) is 53.9 Å². The summed E-state index contributed by atoms with van der Waals surface area (Å²) in [5.74, 6) is 0.144. The molecule has 0 aliphatic carbocycles. The van der Waals surface area contributed by atoms with E-state index in [0.29, 0.717) is 23.3 Å². The molecule has 1 aromatic heterocycles. The van der Waals surface area contributed by atoms with E-state index in [1.165, 1.54) is 18.7 Å². The summed E-state index contributed by atoms with van der Waals surface area (Å²) in [6, 6.07) is 2.92. The normalized spacial score (nSPS) is 17.1. The van der Waals surface area contributed by atoms with Crippen LogP contribution in [0.4, 0.5) is 0 Å². The Labute approximate surface area is 210 Å². The maximum absolute atomic E-state index is 13.8. The van der Waals surface area contributed by atoms with Crippen LogP contribution in [0.5, 0.6) is 23.0 Å². The summed E-state index contributed by atoms with van der Waals surface area (Å²) in [7, 11) is 1.44. The molecule has 1 atom stereocenters. The summed E-state index contributed by atoms with van der Waals surface area (Å²) < 4.78 is 17.4. The first kappa shape index (κ1) is 25.6. The van der Waals surface area contributed by atoms with Gasteiger partial charge in [0.2, 0.25) is 5.43 Å². The molecule has 1 aliphatic heterocycles. The lowest BCUT2D eigenvalue weighted by molar-refractivity contribution is -0.0415. The molecule has 0 amide bonds. The van der Waals surface area contributed by atoms with Gasteiger partial charge in [-0.3, -0.25) is 4.79 Å². The number of aliphatic hydroxyl groups excluding tert-OH is 1. The number of phenols is 2. The van der Waals surface area contributed by atoms with Crippen molar-refractivity contribution < 1.29 is 29.2 Å². The van der Waals surface area contributed by atoms with E-state index in [1.807, 2.05) is 13.0 Å². The van der Waals surface area contributed by atoms with Gasteiger partial charge in [-0.1, -0.05) is 23.3 Å². The van der Waals surface area contributed by atoms with Gasteiger partial charge in [-0.15, -0.1) is 0 Å². The quantitative estimate of drug-likeness (QED) is 0.299. The fourth-order valence-corrected chi connectivity index (χ4v) is 4.68. The maximum atomic E-state index is 13.8. The molecule has 0 spiro atoms. The molecule has 0 unspecified atom stereocenters. The third kappa shape index (κ3) is 4.55. The maximum Gasteiger partial charge on any atom is 0.204 e. The average Bonchev–Trinajstić information content (AvgIpc) is 2.78. The van der Waals surface area contributed by atoms with E-state index in [9.17, 15) is 20.1 Å². The van der Waals surface area contributed by atoms with Crippen molar-refractivity contribution in [3.63, 3.8) is 0 Å². The average molecular weight is 495 g/mol. The summed E-state index contributed by atoms with van der Waals surface area (Å²) in [6.45, 7) is 9.66. The Hall–Kier alpha value is -3.45. The van der Waals surface area contributed by atoms with Gasteiger partial charge in [0.15, 0.2) is 11.5 Å². The van der Waals surface area contributed by atoms with E-state index < -0.39 is 17.1 Å². The van der Waals surface area contributed by atoms with E-state index >= 15 is 0 Å². The van der Waals surface area contributed by atoms with Crippen LogP contribution in [0.2, 0.25) is 0 Å². The molecule has 0 saturated carbocycles. The van der Waals surface area contributed by atoms with Gasteiger partial charge < -0.3 is 29.2 Å². The van der Waals surface area contributed by atoms with Crippen LogP contribution < -0.4 is 14.9 Å². The molecule has 3 aromatic rings. The van der Waals surface area contributed by atoms with Crippen LogP contribution in [0.25, 0.3) is 21.9 Å². The lowest BCUT2D eigenvalue weighted by Crippen LogP contribution is -2.46. The first-order valence-electron chi connectivity index (χ1n) is 12.1. The van der Waals surface area contributed by atoms with Crippen molar-refractivity contribution in [1.29, 1.82) is 0 Å². The zero-order valence-electron chi connectivity index (χ0n) is 21.7. The minimum absolute atomic E-state index is 0.00927. The van der Waals surface area contributed by atoms with Gasteiger partial charge in [0, 0.05) is 29.7 Å². The summed E-state index contributed by atoms with van der Waals surface area (Å²) in [5, 5.41) is 32.5. The number of benzene rings is 2. The molecule has 0 radical (unpaired) electrons. The highest BCUT2D eigenvalue weighted by atomic mass is 16.5. The highest BCUT2D eigenvalue weighted by Crippen LogP contribution is 2.44. The Morgan fingerprint density at radius 1 is 1.14 bits per heavy atom. The van der Waals surface area contributed by atoms with Crippen LogP contribution >= 0.6 is 0 Å². The number of aromatic hydroxyl groups is 2. The lowest BCUT2D eigenvalue weighted by atomic mass is 9.89. The van der Waals surface area contributed by atoms with Gasteiger partial charge in [0.1, 0.15) is 33.7 Å². The molecule has 2 aromatic carbocycles. The Morgan fingerprint density at radius 3 is 2.50 bits per heavy atom. The second kappa shape index (κ2) is 9.54. The molecule has 0 saturated heterocycles. The van der Waals surface area contributed by atoms with E-state index in [2.05, 4.69) is 19.9 Å². The molecule has 1 aliphatic rings. The molecule has 3 N–H and O–H groups in total. The van der Waals surface area contributed by atoms with Crippen molar-refractivity contribution >= 4 is 21.9 Å². The monoisotopic (exact) mass is 494 g/mol. The smallest absolute Gasteiger partial charge is 0.204 e. The number of hydrogen-bond acceptors (Lipinski definition) is 7. The first-order chi connectivity index (χ1) is 16.9. The fourth-order valence-electron chi connectivity index (χ4n) is 4.68. The van der Waals surface area contributed by atoms with Gasteiger partial charge in [0.05, 0.1) is 18.6 Å². The Morgan fingerprint density at radius 2 is 1.83 bits per heavy atom. The Kier molecular flexibility index (Phi) is 6.80. The number of fused-ring (bicyclic) bond motifs is 3. The van der Waals surface area contributed by atoms with Gasteiger partial charge >= 0.3 is 0 Å². The Bertz CT molecular complexity index is 1450. The molecule has 7 nitrogen and oxygen atoms in total. The molecule has 7 heteroatoms. The van der Waals surface area contributed by atoms with Crippen molar-refractivity contribution in [2.45, 2.75) is 72.0 Å². The van der Waals surface area contributed by atoms with E-state index in [4.69, 9.17) is 13.9 Å². The van der Waals surface area contributed by atoms with Crippen molar-refractivity contribution in [1.82, 2.24) is 0 Å². The number of aliphatic hydroxyl groups is 1. The summed E-state index contributed by atoms with van der Waals surface area (Å²) in [4.78, 5) is 13.8. The molecular formula is C29H34O7. The van der Waals surface area contributed by atoms with Crippen LogP contribution in [-0.2, 0) is 12.8 Å². The van der Waals surface area contributed by atoms with Crippen LogP contribution in [0.1, 0.15) is 58.6 Å². The molecule has 192 valence electrons. The minimum atomic E-state index is -0.862. The van der Waals surface area contributed by atoms with E-state index in [1.54, 1.807) is 19.9 Å². The van der Waals surface area contributed by atoms with E-state index in [-0.39, 0.29) is 45.6 Å². The molecular weight excluding hydrogens is 460 g/mol. The van der Waals surface area contributed by atoms with Crippen molar-refractivity contribution in [2.75, 3.05) is 7.11 Å². The molecule has 36 heavy (non-hydrogen) atoms. The summed E-state index contributed by atoms with van der Waals surface area (Å²) in [6.07, 6.45) is 5.60. The van der Waals surface area contributed by atoms with Gasteiger partial charge in [0.25, 0.3) is 0 Å². The minimum Gasteiger partial charge on any atom is -0.507 e. The predicted octanol–water partition coefficient (Wildman–Crippen LogP) is 5.68. The predicted molar refractivity (Wildman–Crippen MR) is 140 cm³/mol. The number of hydrogen-bond donors (Lipinski definition) is 3. The van der Waals surface area contributed by atoms with Crippen LogP contribution in [0.3, 0.4) is 0 Å². The lowest BCUT2D eigenvalue weighted by Gasteiger charge is -2.37. The highest BCUT2D eigenvalue weighted by Gasteiger charge is 2.38. The highest BCUT2D eigenvalue weighted by molar-refractivity contribution is 5.97. The second-order valence-corrected chi connectivity index (χ2v) is 10.3. The van der Waals surface area contributed by atoms with E-state index in [0.717, 1.165) is 18.4 Å². The van der Waals surface area contributed by atoms with Crippen molar-refractivity contribution in [2.24, 2.45) is 0 Å². The third-order valence-electron chi connectivity index (χ3n) is 6.85. The molecule has 0 fully saturated rings. The number of phenolic OH excluding ortho intramolecular Hbond substituents is 2. The molecule has 0 bridgehead atoms. The van der Waals surface area contributed by atoms with Gasteiger partial charge in [-0.2, -0.15) is 0 Å². The molecule has 2 heterocycles. The number of allylic oxidation sites excluding steroid dienone is 4. The topological polar surface area (TPSA) is 109 Å². The third-order valence-corrected chi connectivity index (χ3v) is 6.85. The molecule has 4 rings (SSSR count). The van der Waals surface area contributed by atoms with Crippen molar-refractivity contribution in [3.05, 3.63) is 56.8 Å².